The quantitative estimate of drug-likeness (QED) is 0.859. The van der Waals surface area contributed by atoms with E-state index in [0.29, 0.717) is 11.5 Å². The molecule has 1 aromatic heterocycles. The van der Waals surface area contributed by atoms with Crippen molar-refractivity contribution in [1.82, 2.24) is 10.3 Å². The third-order valence-corrected chi connectivity index (χ3v) is 1.95. The fraction of sp³-hybridized carbons (Fsp3) is 0.455. The number of halogens is 1. The number of hydrogen-bond donors (Lipinski definition) is 1. The third-order valence-electron chi connectivity index (χ3n) is 1.95. The molecule has 1 N–H and O–H groups in total. The van der Waals surface area contributed by atoms with Gasteiger partial charge in [0, 0.05) is 24.5 Å². The summed E-state index contributed by atoms with van der Waals surface area (Å²) >= 11 is 0. The Kier molecular flexibility index (Phi) is 6.71. The highest BCUT2D eigenvalue weighted by atomic mass is 35.5. The normalized spacial score (nSPS) is 9.53. The molecule has 0 aromatic carbocycles. The molecule has 0 saturated carbocycles. The molecule has 1 rings (SSSR count). The zero-order valence-corrected chi connectivity index (χ0v) is 9.88. The number of carbonyl (C=O) groups excluding carboxylic acids is 1. The van der Waals surface area contributed by atoms with Crippen LogP contribution in [-0.4, -0.2) is 17.4 Å². The van der Waals surface area contributed by atoms with E-state index >= 15 is 0 Å². The number of carbonyl (C=O) groups is 1. The van der Waals surface area contributed by atoms with Crippen molar-refractivity contribution in [3.63, 3.8) is 0 Å². The Bertz CT molecular complexity index is 288. The lowest BCUT2D eigenvalue weighted by atomic mass is 10.1. The lowest BCUT2D eigenvalue weighted by Crippen LogP contribution is -2.25. The van der Waals surface area contributed by atoms with Crippen molar-refractivity contribution in [2.24, 2.45) is 5.92 Å². The van der Waals surface area contributed by atoms with Crippen LogP contribution in [0.4, 0.5) is 0 Å². The topological polar surface area (TPSA) is 42.0 Å². The van der Waals surface area contributed by atoms with Crippen LogP contribution in [0.5, 0.6) is 0 Å². The van der Waals surface area contributed by atoms with Gasteiger partial charge in [-0.3, -0.25) is 9.78 Å². The highest BCUT2D eigenvalue weighted by Crippen LogP contribution is 1.99. The second-order valence-electron chi connectivity index (χ2n) is 3.67. The van der Waals surface area contributed by atoms with Gasteiger partial charge in [0.05, 0.1) is 0 Å². The van der Waals surface area contributed by atoms with Gasteiger partial charge in [0.2, 0.25) is 0 Å². The summed E-state index contributed by atoms with van der Waals surface area (Å²) < 4.78 is 0. The van der Waals surface area contributed by atoms with E-state index in [9.17, 15) is 4.79 Å². The van der Waals surface area contributed by atoms with Gasteiger partial charge in [-0.2, -0.15) is 0 Å². The third kappa shape index (κ3) is 5.37. The number of aromatic nitrogens is 1. The van der Waals surface area contributed by atoms with Gasteiger partial charge >= 0.3 is 0 Å². The summed E-state index contributed by atoms with van der Waals surface area (Å²) in [4.78, 5) is 15.3. The van der Waals surface area contributed by atoms with Crippen molar-refractivity contribution in [2.45, 2.75) is 20.3 Å². The standard InChI is InChI=1S/C11H16N2O.ClH/c1-9(2)3-8-13-11(14)10-4-6-12-7-5-10;/h4-7,9H,3,8H2,1-2H3,(H,13,14);1H. The van der Waals surface area contributed by atoms with Gasteiger partial charge in [-0.05, 0) is 24.5 Å². The fourth-order valence-electron chi connectivity index (χ4n) is 1.08. The van der Waals surface area contributed by atoms with Crippen LogP contribution in [0.25, 0.3) is 0 Å². The summed E-state index contributed by atoms with van der Waals surface area (Å²) in [5.74, 6) is 0.598. The molecule has 0 aliphatic carbocycles. The Morgan fingerprint density at radius 3 is 2.53 bits per heavy atom. The van der Waals surface area contributed by atoms with E-state index in [-0.39, 0.29) is 18.3 Å². The van der Waals surface area contributed by atoms with Gasteiger partial charge in [0.15, 0.2) is 0 Å². The van der Waals surface area contributed by atoms with Crippen LogP contribution >= 0.6 is 12.4 Å². The van der Waals surface area contributed by atoms with Gasteiger partial charge in [0.25, 0.3) is 5.91 Å². The summed E-state index contributed by atoms with van der Waals surface area (Å²) in [5, 5.41) is 2.86. The maximum atomic E-state index is 11.5. The molecule has 84 valence electrons. The molecular formula is C11H17ClN2O. The van der Waals surface area contributed by atoms with Gasteiger partial charge in [-0.25, -0.2) is 0 Å². The largest absolute Gasteiger partial charge is 0.352 e. The minimum Gasteiger partial charge on any atom is -0.352 e. The van der Waals surface area contributed by atoms with Crippen LogP contribution in [0.1, 0.15) is 30.6 Å². The van der Waals surface area contributed by atoms with Crippen LogP contribution < -0.4 is 5.32 Å². The Labute approximate surface area is 96.7 Å². The molecule has 4 heteroatoms. The van der Waals surface area contributed by atoms with Crippen LogP contribution in [-0.2, 0) is 0 Å². The number of nitrogens with one attached hydrogen (secondary N) is 1. The fourth-order valence-corrected chi connectivity index (χ4v) is 1.08. The highest BCUT2D eigenvalue weighted by molar-refractivity contribution is 5.93. The Morgan fingerprint density at radius 1 is 1.40 bits per heavy atom. The summed E-state index contributed by atoms with van der Waals surface area (Å²) in [6.07, 6.45) is 4.26. The van der Waals surface area contributed by atoms with Gasteiger partial charge in [-0.15, -0.1) is 12.4 Å². The first-order valence-corrected chi connectivity index (χ1v) is 4.88. The number of rotatable bonds is 4. The Hall–Kier alpha value is -1.09. The Balaban J connectivity index is 0.00000196. The lowest BCUT2D eigenvalue weighted by molar-refractivity contribution is 0.0952. The molecular weight excluding hydrogens is 212 g/mol. The SMILES string of the molecule is CC(C)CCNC(=O)c1ccncc1.Cl. The number of pyridine rings is 1. The first-order chi connectivity index (χ1) is 6.70. The predicted octanol–water partition coefficient (Wildman–Crippen LogP) is 2.28. The Morgan fingerprint density at radius 2 is 2.00 bits per heavy atom. The summed E-state index contributed by atoms with van der Waals surface area (Å²) in [5.41, 5.74) is 0.670. The minimum atomic E-state index is -0.0203. The van der Waals surface area contributed by atoms with Crippen molar-refractivity contribution in [3.8, 4) is 0 Å². The van der Waals surface area contributed by atoms with E-state index in [1.807, 2.05) is 0 Å². The molecule has 0 radical (unpaired) electrons. The van der Waals surface area contributed by atoms with Crippen molar-refractivity contribution in [1.29, 1.82) is 0 Å². The molecule has 0 atom stereocenters. The molecule has 0 bridgehead atoms. The molecule has 0 aliphatic rings. The maximum absolute atomic E-state index is 11.5. The molecule has 3 nitrogen and oxygen atoms in total. The van der Waals surface area contributed by atoms with Crippen molar-refractivity contribution in [3.05, 3.63) is 30.1 Å². The first kappa shape index (κ1) is 13.9. The van der Waals surface area contributed by atoms with Crippen LogP contribution in [0.3, 0.4) is 0 Å². The number of nitrogens with zero attached hydrogens (tertiary/aromatic N) is 1. The van der Waals surface area contributed by atoms with E-state index in [2.05, 4.69) is 24.1 Å². The monoisotopic (exact) mass is 228 g/mol. The van der Waals surface area contributed by atoms with Crippen molar-refractivity contribution in [2.75, 3.05) is 6.54 Å². The van der Waals surface area contributed by atoms with E-state index < -0.39 is 0 Å². The van der Waals surface area contributed by atoms with E-state index in [1.165, 1.54) is 0 Å². The van der Waals surface area contributed by atoms with Crippen molar-refractivity contribution >= 4 is 18.3 Å². The molecule has 0 unspecified atom stereocenters. The predicted molar refractivity (Wildman–Crippen MR) is 63.3 cm³/mol. The number of amides is 1. The molecule has 1 aromatic rings. The second kappa shape index (κ2) is 7.23. The van der Waals surface area contributed by atoms with Gasteiger partial charge in [-0.1, -0.05) is 13.8 Å². The molecule has 1 amide bonds. The molecule has 0 saturated heterocycles. The summed E-state index contributed by atoms with van der Waals surface area (Å²) in [7, 11) is 0. The molecule has 0 aliphatic heterocycles. The summed E-state index contributed by atoms with van der Waals surface area (Å²) in [6.45, 7) is 5.01. The van der Waals surface area contributed by atoms with E-state index in [1.54, 1.807) is 24.5 Å². The van der Waals surface area contributed by atoms with Gasteiger partial charge in [0.1, 0.15) is 0 Å². The van der Waals surface area contributed by atoms with Gasteiger partial charge < -0.3 is 5.32 Å². The average molecular weight is 229 g/mol. The van der Waals surface area contributed by atoms with Crippen LogP contribution in [0.15, 0.2) is 24.5 Å². The van der Waals surface area contributed by atoms with Crippen molar-refractivity contribution < 1.29 is 4.79 Å². The second-order valence-corrected chi connectivity index (χ2v) is 3.67. The smallest absolute Gasteiger partial charge is 0.251 e. The summed E-state index contributed by atoms with van der Waals surface area (Å²) in [6, 6.07) is 3.43. The first-order valence-electron chi connectivity index (χ1n) is 4.88. The zero-order chi connectivity index (χ0) is 10.4. The lowest BCUT2D eigenvalue weighted by Gasteiger charge is -2.06. The highest BCUT2D eigenvalue weighted by Gasteiger charge is 2.03. The van der Waals surface area contributed by atoms with Crippen LogP contribution in [0.2, 0.25) is 0 Å². The minimum absolute atomic E-state index is 0. The average Bonchev–Trinajstić information content (AvgIpc) is 2.18. The molecule has 0 fully saturated rings. The van der Waals surface area contributed by atoms with Crippen LogP contribution in [0, 0.1) is 5.92 Å². The number of hydrogen-bond acceptors (Lipinski definition) is 2. The van der Waals surface area contributed by atoms with E-state index in [4.69, 9.17) is 0 Å². The van der Waals surface area contributed by atoms with E-state index in [0.717, 1.165) is 13.0 Å². The zero-order valence-electron chi connectivity index (χ0n) is 9.06. The molecule has 15 heavy (non-hydrogen) atoms. The maximum Gasteiger partial charge on any atom is 0.251 e. The molecule has 0 spiro atoms. The molecule has 1 heterocycles.